The Kier molecular flexibility index (Phi) is 6.27. The van der Waals surface area contributed by atoms with Crippen molar-refractivity contribution in [2.75, 3.05) is 52.4 Å². The molecule has 24 heavy (non-hydrogen) atoms. The first-order valence-electron chi connectivity index (χ1n) is 9.55. The molecule has 0 aromatic heterocycles. The molecule has 4 heteroatoms. The Morgan fingerprint density at radius 3 is 1.96 bits per heavy atom. The van der Waals surface area contributed by atoms with Crippen LogP contribution in [0.2, 0.25) is 0 Å². The molecule has 0 atom stereocenters. The van der Waals surface area contributed by atoms with Crippen molar-refractivity contribution in [1.29, 1.82) is 0 Å². The molecule has 2 heterocycles. The maximum atomic E-state index is 12.5. The lowest BCUT2D eigenvalue weighted by Gasteiger charge is -2.35. The zero-order valence-electron chi connectivity index (χ0n) is 15.0. The number of amides is 1. The van der Waals surface area contributed by atoms with Gasteiger partial charge in [0.2, 0.25) is 5.91 Å². The van der Waals surface area contributed by atoms with Crippen LogP contribution in [-0.4, -0.2) is 73.0 Å². The van der Waals surface area contributed by atoms with E-state index in [1.54, 1.807) is 0 Å². The fourth-order valence-corrected chi connectivity index (χ4v) is 3.69. The van der Waals surface area contributed by atoms with Crippen LogP contribution in [0.3, 0.4) is 0 Å². The first kappa shape index (κ1) is 17.4. The number of nitrogens with zero attached hydrogens (tertiary/aromatic N) is 3. The summed E-state index contributed by atoms with van der Waals surface area (Å²) in [7, 11) is 0. The largest absolute Gasteiger partial charge is 0.340 e. The molecular formula is C20H31N3O. The molecule has 132 valence electrons. The highest BCUT2D eigenvalue weighted by molar-refractivity contribution is 5.78. The fourth-order valence-electron chi connectivity index (χ4n) is 3.69. The second-order valence-corrected chi connectivity index (χ2v) is 7.12. The molecule has 2 aliphatic rings. The lowest BCUT2D eigenvalue weighted by atomic mass is 10.1. The Labute approximate surface area is 146 Å². The topological polar surface area (TPSA) is 26.8 Å². The summed E-state index contributed by atoms with van der Waals surface area (Å²) >= 11 is 0. The molecule has 4 nitrogen and oxygen atoms in total. The molecule has 0 N–H and O–H groups in total. The highest BCUT2D eigenvalue weighted by Gasteiger charge is 2.21. The van der Waals surface area contributed by atoms with Crippen molar-refractivity contribution in [2.45, 2.75) is 32.6 Å². The van der Waals surface area contributed by atoms with Crippen LogP contribution in [0.5, 0.6) is 0 Å². The molecule has 0 radical (unpaired) electrons. The fraction of sp³-hybridized carbons (Fsp3) is 0.650. The van der Waals surface area contributed by atoms with Crippen LogP contribution < -0.4 is 0 Å². The predicted octanol–water partition coefficient (Wildman–Crippen LogP) is 2.03. The van der Waals surface area contributed by atoms with E-state index in [4.69, 9.17) is 0 Å². The summed E-state index contributed by atoms with van der Waals surface area (Å²) < 4.78 is 0. The van der Waals surface area contributed by atoms with E-state index < -0.39 is 0 Å². The maximum absolute atomic E-state index is 12.5. The SMILES string of the molecule is CCc1ccc(CC(=O)N2CCN(CCN3CCCC3)CC2)cc1. The number of hydrogen-bond donors (Lipinski definition) is 0. The molecule has 0 aliphatic carbocycles. The van der Waals surface area contributed by atoms with Crippen LogP contribution in [-0.2, 0) is 17.6 Å². The molecule has 1 amide bonds. The Morgan fingerprint density at radius 1 is 0.833 bits per heavy atom. The van der Waals surface area contributed by atoms with Gasteiger partial charge < -0.3 is 9.80 Å². The summed E-state index contributed by atoms with van der Waals surface area (Å²) in [5, 5.41) is 0. The molecule has 3 rings (SSSR count). The van der Waals surface area contributed by atoms with Crippen molar-refractivity contribution in [3.63, 3.8) is 0 Å². The number of piperazine rings is 1. The summed E-state index contributed by atoms with van der Waals surface area (Å²) in [5.74, 6) is 0.276. The van der Waals surface area contributed by atoms with Crippen LogP contribution in [0.1, 0.15) is 30.9 Å². The average molecular weight is 329 g/mol. The van der Waals surface area contributed by atoms with Gasteiger partial charge in [0.25, 0.3) is 0 Å². The Morgan fingerprint density at radius 2 is 1.38 bits per heavy atom. The van der Waals surface area contributed by atoms with Crippen molar-refractivity contribution in [2.24, 2.45) is 0 Å². The first-order valence-corrected chi connectivity index (χ1v) is 9.55. The smallest absolute Gasteiger partial charge is 0.227 e. The Hall–Kier alpha value is -1.39. The summed E-state index contributed by atoms with van der Waals surface area (Å²) in [4.78, 5) is 19.6. The number of benzene rings is 1. The van der Waals surface area contributed by atoms with E-state index in [0.29, 0.717) is 6.42 Å². The van der Waals surface area contributed by atoms with E-state index in [1.165, 1.54) is 38.0 Å². The Bertz CT molecular complexity index is 514. The molecule has 2 saturated heterocycles. The molecular weight excluding hydrogens is 298 g/mol. The minimum Gasteiger partial charge on any atom is -0.340 e. The molecule has 2 aliphatic heterocycles. The van der Waals surface area contributed by atoms with E-state index in [2.05, 4.69) is 41.0 Å². The summed E-state index contributed by atoms with van der Waals surface area (Å²) in [6.45, 7) is 10.9. The van der Waals surface area contributed by atoms with Gasteiger partial charge in [0, 0.05) is 39.3 Å². The number of rotatable bonds is 6. The van der Waals surface area contributed by atoms with Gasteiger partial charge in [-0.1, -0.05) is 31.2 Å². The minimum atomic E-state index is 0.276. The van der Waals surface area contributed by atoms with E-state index in [1.807, 2.05) is 4.90 Å². The zero-order chi connectivity index (χ0) is 16.8. The molecule has 1 aromatic carbocycles. The van der Waals surface area contributed by atoms with Crippen LogP contribution in [0.4, 0.5) is 0 Å². The number of hydrogen-bond acceptors (Lipinski definition) is 3. The third kappa shape index (κ3) is 4.81. The summed E-state index contributed by atoms with van der Waals surface area (Å²) in [6, 6.07) is 8.48. The number of aryl methyl sites for hydroxylation is 1. The van der Waals surface area contributed by atoms with E-state index in [-0.39, 0.29) is 5.91 Å². The molecule has 1 aromatic rings. The van der Waals surface area contributed by atoms with Gasteiger partial charge in [0.1, 0.15) is 0 Å². The van der Waals surface area contributed by atoms with Crippen LogP contribution in [0.15, 0.2) is 24.3 Å². The normalized spacial score (nSPS) is 19.8. The molecule has 2 fully saturated rings. The van der Waals surface area contributed by atoms with E-state index in [0.717, 1.165) is 44.7 Å². The van der Waals surface area contributed by atoms with Gasteiger partial charge in [0.15, 0.2) is 0 Å². The highest BCUT2D eigenvalue weighted by Crippen LogP contribution is 2.10. The lowest BCUT2D eigenvalue weighted by molar-refractivity contribution is -0.132. The second kappa shape index (κ2) is 8.63. The number of likely N-dealkylation sites (tertiary alicyclic amines) is 1. The molecule has 0 unspecified atom stereocenters. The van der Waals surface area contributed by atoms with Gasteiger partial charge in [-0.25, -0.2) is 0 Å². The van der Waals surface area contributed by atoms with Gasteiger partial charge in [0.05, 0.1) is 6.42 Å². The standard InChI is InChI=1S/C20H31N3O/c1-2-18-5-7-19(8-6-18)17-20(24)23-15-13-22(14-16-23)12-11-21-9-3-4-10-21/h5-8H,2-4,9-17H2,1H3. The monoisotopic (exact) mass is 329 g/mol. The average Bonchev–Trinajstić information content (AvgIpc) is 3.14. The van der Waals surface area contributed by atoms with Crippen LogP contribution >= 0.6 is 0 Å². The molecule has 0 spiro atoms. The molecule has 0 bridgehead atoms. The predicted molar refractivity (Wildman–Crippen MR) is 98.2 cm³/mol. The van der Waals surface area contributed by atoms with Gasteiger partial charge in [-0.15, -0.1) is 0 Å². The second-order valence-electron chi connectivity index (χ2n) is 7.12. The van der Waals surface area contributed by atoms with E-state index in [9.17, 15) is 4.79 Å². The van der Waals surface area contributed by atoms with E-state index >= 15 is 0 Å². The number of carbonyl (C=O) groups excluding carboxylic acids is 1. The van der Waals surface area contributed by atoms with Crippen molar-refractivity contribution in [3.8, 4) is 0 Å². The summed E-state index contributed by atoms with van der Waals surface area (Å²) in [5.41, 5.74) is 2.46. The summed E-state index contributed by atoms with van der Waals surface area (Å²) in [6.07, 6.45) is 4.31. The third-order valence-electron chi connectivity index (χ3n) is 5.44. The third-order valence-corrected chi connectivity index (χ3v) is 5.44. The number of carbonyl (C=O) groups is 1. The van der Waals surface area contributed by atoms with Gasteiger partial charge in [-0.05, 0) is 43.5 Å². The maximum Gasteiger partial charge on any atom is 0.227 e. The molecule has 0 saturated carbocycles. The van der Waals surface area contributed by atoms with Gasteiger partial charge >= 0.3 is 0 Å². The van der Waals surface area contributed by atoms with Crippen LogP contribution in [0.25, 0.3) is 0 Å². The quantitative estimate of drug-likeness (QED) is 0.799. The minimum absolute atomic E-state index is 0.276. The zero-order valence-corrected chi connectivity index (χ0v) is 15.0. The van der Waals surface area contributed by atoms with Gasteiger partial charge in [-0.3, -0.25) is 9.69 Å². The van der Waals surface area contributed by atoms with Crippen molar-refractivity contribution >= 4 is 5.91 Å². The highest BCUT2D eigenvalue weighted by atomic mass is 16.2. The first-order chi connectivity index (χ1) is 11.7. The van der Waals surface area contributed by atoms with Crippen molar-refractivity contribution in [1.82, 2.24) is 14.7 Å². The van der Waals surface area contributed by atoms with Crippen LogP contribution in [0, 0.1) is 0 Å². The van der Waals surface area contributed by atoms with Crippen molar-refractivity contribution in [3.05, 3.63) is 35.4 Å². The van der Waals surface area contributed by atoms with Gasteiger partial charge in [-0.2, -0.15) is 0 Å². The Balaban J connectivity index is 1.39. The van der Waals surface area contributed by atoms with Crippen molar-refractivity contribution < 1.29 is 4.79 Å². The lowest BCUT2D eigenvalue weighted by Crippen LogP contribution is -2.50.